The topological polar surface area (TPSA) is 174 Å². The van der Waals surface area contributed by atoms with Crippen LogP contribution in [-0.2, 0) is 6.42 Å². The van der Waals surface area contributed by atoms with E-state index in [0.29, 0.717) is 29.0 Å². The van der Waals surface area contributed by atoms with Gasteiger partial charge in [-0.1, -0.05) is 17.7 Å². The zero-order valence-electron chi connectivity index (χ0n) is 33.3. The summed E-state index contributed by atoms with van der Waals surface area (Å²) in [5.74, 6) is -1.53. The average Bonchev–Trinajstić information content (AvgIpc) is 3.18. The maximum absolute atomic E-state index is 15.3. The molecule has 12 heteroatoms. The van der Waals surface area contributed by atoms with E-state index >= 15 is 4.79 Å². The Labute approximate surface area is 330 Å². The summed E-state index contributed by atoms with van der Waals surface area (Å²) in [4.78, 5) is 30.1. The molecule has 57 heavy (non-hydrogen) atoms. The summed E-state index contributed by atoms with van der Waals surface area (Å²) >= 11 is 0. The van der Waals surface area contributed by atoms with Crippen molar-refractivity contribution in [1.82, 2.24) is 0 Å². The lowest BCUT2D eigenvalue weighted by molar-refractivity contribution is 0.0713. The number of benzene rings is 4. The Kier molecular flexibility index (Phi) is 11.5. The molecule has 300 valence electrons. The monoisotopic (exact) mass is 780 g/mol. The predicted molar refractivity (Wildman–Crippen MR) is 215 cm³/mol. The summed E-state index contributed by atoms with van der Waals surface area (Å²) in [5.41, 5.74) is 0.932. The van der Waals surface area contributed by atoms with E-state index in [-0.39, 0.29) is 75.2 Å². The number of Topliss-reactive ketones (excluding diaryl/α,β-unsaturated/α-hetero) is 1. The van der Waals surface area contributed by atoms with Gasteiger partial charge in [-0.05, 0) is 75.9 Å². The molecule has 0 saturated carbocycles. The molecule has 1 aromatic heterocycles. The summed E-state index contributed by atoms with van der Waals surface area (Å²) in [7, 11) is 7.35. The van der Waals surface area contributed by atoms with Gasteiger partial charge in [0.1, 0.15) is 62.7 Å². The zero-order chi connectivity index (χ0) is 41.3. The fourth-order valence-corrected chi connectivity index (χ4v) is 7.91. The van der Waals surface area contributed by atoms with E-state index < -0.39 is 34.5 Å². The molecule has 1 aliphatic rings. The van der Waals surface area contributed by atoms with E-state index in [4.69, 9.17) is 28.1 Å². The summed E-state index contributed by atoms with van der Waals surface area (Å²) in [6, 6.07) is 15.4. The fourth-order valence-electron chi connectivity index (χ4n) is 7.91. The number of carbonyl (C=O) groups excluding carboxylic acids is 1. The number of aromatic hydroxyl groups is 3. The van der Waals surface area contributed by atoms with E-state index in [2.05, 4.69) is 0 Å². The molecule has 6 rings (SSSR count). The first kappa shape index (κ1) is 40.5. The van der Waals surface area contributed by atoms with Crippen LogP contribution in [0.25, 0.3) is 22.3 Å². The van der Waals surface area contributed by atoms with Gasteiger partial charge in [-0.25, -0.2) is 0 Å². The molecule has 0 amide bonds. The Bertz CT molecular complexity index is 2420. The highest BCUT2D eigenvalue weighted by Gasteiger charge is 2.44. The average molecular weight is 781 g/mol. The van der Waals surface area contributed by atoms with Gasteiger partial charge < -0.3 is 48.5 Å². The number of aliphatic hydroxyl groups is 1. The minimum Gasteiger partial charge on any atom is -0.508 e. The van der Waals surface area contributed by atoms with Crippen molar-refractivity contribution in [2.24, 2.45) is 5.92 Å². The number of ketones is 1. The SMILES string of the molecule is COc1ccc(C2CC(C)=CC(c3c(OC)cc(O)c4c(=O)c(CCC(C)(C)O)c(-c5ccc(O)cc5OC)oc34)C2C(=O)c2ccc(O)cc2OC)c(OC)c1. The molecule has 4 aromatic carbocycles. The lowest BCUT2D eigenvalue weighted by Crippen LogP contribution is -2.32. The van der Waals surface area contributed by atoms with Crippen LogP contribution in [0.15, 0.2) is 81.5 Å². The number of ether oxygens (including phenoxy) is 5. The molecule has 3 unspecified atom stereocenters. The molecule has 0 spiro atoms. The number of phenols is 3. The fraction of sp³-hybridized carbons (Fsp3) is 0.333. The summed E-state index contributed by atoms with van der Waals surface area (Å²) in [6.07, 6.45) is 2.61. The van der Waals surface area contributed by atoms with Crippen LogP contribution in [0.5, 0.6) is 46.0 Å². The second kappa shape index (κ2) is 16.1. The summed E-state index contributed by atoms with van der Waals surface area (Å²) in [5, 5.41) is 42.9. The van der Waals surface area contributed by atoms with Crippen LogP contribution in [0.1, 0.15) is 72.5 Å². The molecule has 0 aliphatic heterocycles. The molecule has 0 fully saturated rings. The second-order valence-electron chi connectivity index (χ2n) is 14.9. The van der Waals surface area contributed by atoms with Crippen molar-refractivity contribution in [2.45, 2.75) is 57.5 Å². The molecule has 3 atom stereocenters. The molecular formula is C45H48O12. The first-order valence-electron chi connectivity index (χ1n) is 18.4. The minimum atomic E-state index is -1.16. The molecule has 12 nitrogen and oxygen atoms in total. The van der Waals surface area contributed by atoms with Crippen molar-refractivity contribution in [1.29, 1.82) is 0 Å². The van der Waals surface area contributed by atoms with Crippen molar-refractivity contribution in [3.05, 3.63) is 105 Å². The molecule has 0 bridgehead atoms. The molecule has 0 radical (unpaired) electrons. The van der Waals surface area contributed by atoms with Gasteiger partial charge in [0, 0.05) is 53.1 Å². The zero-order valence-corrected chi connectivity index (χ0v) is 33.3. The van der Waals surface area contributed by atoms with Crippen LogP contribution in [-0.4, -0.2) is 67.4 Å². The Balaban J connectivity index is 1.73. The van der Waals surface area contributed by atoms with Gasteiger partial charge in [-0.3, -0.25) is 9.59 Å². The van der Waals surface area contributed by atoms with Crippen LogP contribution in [0.3, 0.4) is 0 Å². The maximum atomic E-state index is 15.3. The van der Waals surface area contributed by atoms with E-state index in [1.165, 1.54) is 57.7 Å². The number of carbonyl (C=O) groups is 1. The highest BCUT2D eigenvalue weighted by molar-refractivity contribution is 6.03. The number of hydrogen-bond acceptors (Lipinski definition) is 12. The number of rotatable bonds is 13. The number of fused-ring (bicyclic) bond motifs is 1. The van der Waals surface area contributed by atoms with Crippen LogP contribution in [0, 0.1) is 5.92 Å². The highest BCUT2D eigenvalue weighted by atomic mass is 16.5. The van der Waals surface area contributed by atoms with Gasteiger partial charge in [0.2, 0.25) is 0 Å². The molecule has 4 N–H and O–H groups in total. The van der Waals surface area contributed by atoms with Crippen LogP contribution >= 0.6 is 0 Å². The Morgan fingerprint density at radius 1 is 0.807 bits per heavy atom. The second-order valence-corrected chi connectivity index (χ2v) is 14.9. The first-order valence-corrected chi connectivity index (χ1v) is 18.4. The Morgan fingerprint density at radius 3 is 2.09 bits per heavy atom. The lowest BCUT2D eigenvalue weighted by Gasteiger charge is -2.38. The van der Waals surface area contributed by atoms with Gasteiger partial charge >= 0.3 is 0 Å². The number of phenolic OH excluding ortho intramolecular Hbond substituents is 3. The van der Waals surface area contributed by atoms with Gasteiger partial charge in [0.05, 0.1) is 52.3 Å². The van der Waals surface area contributed by atoms with Gasteiger partial charge in [0.25, 0.3) is 0 Å². The van der Waals surface area contributed by atoms with Crippen LogP contribution in [0.4, 0.5) is 0 Å². The third kappa shape index (κ3) is 7.82. The van der Waals surface area contributed by atoms with E-state index in [0.717, 1.165) is 11.1 Å². The quantitative estimate of drug-likeness (QED) is 0.0670. The van der Waals surface area contributed by atoms with Crippen molar-refractivity contribution in [3.63, 3.8) is 0 Å². The molecule has 0 saturated heterocycles. The molecular weight excluding hydrogens is 732 g/mol. The van der Waals surface area contributed by atoms with Gasteiger partial charge in [0.15, 0.2) is 11.2 Å². The van der Waals surface area contributed by atoms with Crippen LogP contribution in [0.2, 0.25) is 0 Å². The van der Waals surface area contributed by atoms with Crippen molar-refractivity contribution in [3.8, 4) is 57.3 Å². The number of allylic oxidation sites excluding steroid dienone is 2. The van der Waals surface area contributed by atoms with E-state index in [1.54, 1.807) is 46.3 Å². The first-order chi connectivity index (χ1) is 27.1. The van der Waals surface area contributed by atoms with Crippen molar-refractivity contribution in [2.75, 3.05) is 35.5 Å². The number of hydrogen-bond donors (Lipinski definition) is 4. The van der Waals surface area contributed by atoms with Crippen molar-refractivity contribution < 1.29 is 53.3 Å². The smallest absolute Gasteiger partial charge is 0.200 e. The Hall–Kier alpha value is -6.14. The van der Waals surface area contributed by atoms with Crippen LogP contribution < -0.4 is 29.1 Å². The maximum Gasteiger partial charge on any atom is 0.200 e. The highest BCUT2D eigenvalue weighted by Crippen LogP contribution is 2.54. The third-order valence-corrected chi connectivity index (χ3v) is 10.6. The standard InChI is InChI=1S/C45H48O12/c1-23-17-31(27-14-11-26(52-4)21-36(27)55-7)38(41(49)28-12-9-24(46)19-34(28)53-5)32(18-23)39-37(56-8)22-33(48)40-42(50)30(15-16-45(2,3)51)43(57-44(39)40)29-13-10-25(47)20-35(29)54-6/h9-14,18-22,31-32,38,46-48,51H,15-17H2,1-8H3. The number of methoxy groups -OCH3 is 5. The van der Waals surface area contributed by atoms with E-state index in [1.807, 2.05) is 19.1 Å². The van der Waals surface area contributed by atoms with Gasteiger partial charge in [-0.15, -0.1) is 0 Å². The molecule has 1 heterocycles. The predicted octanol–water partition coefficient (Wildman–Crippen LogP) is 8.04. The normalized spacial score (nSPS) is 16.9. The summed E-state index contributed by atoms with van der Waals surface area (Å²) < 4.78 is 35.4. The molecule has 5 aromatic rings. The lowest BCUT2D eigenvalue weighted by atomic mass is 9.65. The molecule has 1 aliphatic carbocycles. The van der Waals surface area contributed by atoms with E-state index in [9.17, 15) is 25.2 Å². The summed E-state index contributed by atoms with van der Waals surface area (Å²) in [6.45, 7) is 5.21. The Morgan fingerprint density at radius 2 is 1.46 bits per heavy atom. The van der Waals surface area contributed by atoms with Crippen molar-refractivity contribution >= 4 is 16.8 Å². The largest absolute Gasteiger partial charge is 0.508 e. The minimum absolute atomic E-state index is 0.0270. The van der Waals surface area contributed by atoms with Gasteiger partial charge in [-0.2, -0.15) is 0 Å². The third-order valence-electron chi connectivity index (χ3n) is 10.6.